The molecule has 1 amide bonds. The Balaban J connectivity index is 1.85. The molecule has 3 N–H and O–H groups in total. The highest BCUT2D eigenvalue weighted by atomic mass is 16.3. The lowest BCUT2D eigenvalue weighted by Crippen LogP contribution is -2.12. The monoisotopic (exact) mass is 321 g/mol. The second-order valence-electron chi connectivity index (χ2n) is 5.96. The molecule has 1 heterocycles. The van der Waals surface area contributed by atoms with E-state index in [1.165, 1.54) is 0 Å². The molecule has 2 aromatic carbocycles. The van der Waals surface area contributed by atoms with Gasteiger partial charge in [-0.1, -0.05) is 23.8 Å². The molecule has 24 heavy (non-hydrogen) atoms. The number of hydrogen-bond acceptors (Lipinski definition) is 3. The fourth-order valence-electron chi connectivity index (χ4n) is 2.57. The van der Waals surface area contributed by atoms with E-state index in [9.17, 15) is 9.90 Å². The molecule has 0 aliphatic rings. The van der Waals surface area contributed by atoms with Crippen LogP contribution in [-0.2, 0) is 0 Å². The normalized spacial score (nSPS) is 10.6. The van der Waals surface area contributed by atoms with Gasteiger partial charge < -0.3 is 10.4 Å². The maximum Gasteiger partial charge on any atom is 0.273 e. The molecule has 5 nitrogen and oxygen atoms in total. The first-order chi connectivity index (χ1) is 11.4. The summed E-state index contributed by atoms with van der Waals surface area (Å²) >= 11 is 0. The zero-order chi connectivity index (χ0) is 17.3. The molecule has 0 saturated heterocycles. The van der Waals surface area contributed by atoms with E-state index in [4.69, 9.17) is 0 Å². The molecule has 0 saturated carbocycles. The highest BCUT2D eigenvalue weighted by molar-refractivity contribution is 6.03. The van der Waals surface area contributed by atoms with Gasteiger partial charge in [0.2, 0.25) is 0 Å². The maximum absolute atomic E-state index is 12.3. The first kappa shape index (κ1) is 15.8. The number of carbonyl (C=O) groups excluding carboxylic acids is 1. The third kappa shape index (κ3) is 3.15. The molecule has 3 rings (SSSR count). The molecule has 0 aliphatic carbocycles. The largest absolute Gasteiger partial charge is 0.507 e. The molecule has 1 aromatic heterocycles. The van der Waals surface area contributed by atoms with E-state index in [0.717, 1.165) is 22.4 Å². The van der Waals surface area contributed by atoms with Crippen LogP contribution < -0.4 is 5.32 Å². The van der Waals surface area contributed by atoms with Crippen LogP contribution in [0.2, 0.25) is 0 Å². The predicted molar refractivity (Wildman–Crippen MR) is 94.3 cm³/mol. The lowest BCUT2D eigenvalue weighted by Gasteiger charge is -2.06. The van der Waals surface area contributed by atoms with Crippen LogP contribution in [0.4, 0.5) is 5.69 Å². The van der Waals surface area contributed by atoms with Gasteiger partial charge in [0.05, 0.1) is 5.69 Å². The fraction of sp³-hybridized carbons (Fsp3) is 0.158. The number of phenolic OH excluding ortho intramolecular Hbond substituents is 1. The molecule has 0 unspecified atom stereocenters. The SMILES string of the molecule is Cc1ccc(NC(=O)c2cc(-c3cc(C)cc(C)c3O)n[nH]2)cc1. The number of aromatic amines is 1. The van der Waals surface area contributed by atoms with E-state index in [1.807, 2.05) is 57.2 Å². The van der Waals surface area contributed by atoms with Gasteiger partial charge >= 0.3 is 0 Å². The molecule has 0 bridgehead atoms. The number of aromatic nitrogens is 2. The Morgan fingerprint density at radius 1 is 1.04 bits per heavy atom. The van der Waals surface area contributed by atoms with Crippen molar-refractivity contribution in [2.75, 3.05) is 5.32 Å². The number of nitrogens with zero attached hydrogens (tertiary/aromatic N) is 1. The Morgan fingerprint density at radius 2 is 1.75 bits per heavy atom. The minimum Gasteiger partial charge on any atom is -0.507 e. The van der Waals surface area contributed by atoms with Crippen LogP contribution in [0.3, 0.4) is 0 Å². The quantitative estimate of drug-likeness (QED) is 0.683. The number of rotatable bonds is 3. The van der Waals surface area contributed by atoms with E-state index in [2.05, 4.69) is 15.5 Å². The Morgan fingerprint density at radius 3 is 2.46 bits per heavy atom. The standard InChI is InChI=1S/C19H19N3O2/c1-11-4-6-14(7-5-11)20-19(24)17-10-16(21-22-17)15-9-12(2)8-13(3)18(15)23/h4-10,23H,1-3H3,(H,20,24)(H,21,22). The van der Waals surface area contributed by atoms with Crippen molar-refractivity contribution in [2.45, 2.75) is 20.8 Å². The van der Waals surface area contributed by atoms with Gasteiger partial charge in [0, 0.05) is 11.3 Å². The van der Waals surface area contributed by atoms with Gasteiger partial charge in [-0.15, -0.1) is 0 Å². The Hall–Kier alpha value is -3.08. The molecule has 3 aromatic rings. The summed E-state index contributed by atoms with van der Waals surface area (Å²) in [5.74, 6) is -0.0981. The maximum atomic E-state index is 12.3. The van der Waals surface area contributed by atoms with Crippen molar-refractivity contribution in [3.05, 3.63) is 64.8 Å². The van der Waals surface area contributed by atoms with Crippen LogP contribution in [0, 0.1) is 20.8 Å². The molecule has 0 spiro atoms. The van der Waals surface area contributed by atoms with Gasteiger partial charge in [0.1, 0.15) is 11.4 Å². The Kier molecular flexibility index (Phi) is 4.08. The number of hydrogen-bond donors (Lipinski definition) is 3. The van der Waals surface area contributed by atoms with Gasteiger partial charge in [0.25, 0.3) is 5.91 Å². The molecule has 122 valence electrons. The summed E-state index contributed by atoms with van der Waals surface area (Å²) in [6.45, 7) is 5.78. The van der Waals surface area contributed by atoms with Crippen LogP contribution in [0.5, 0.6) is 5.75 Å². The first-order valence-corrected chi connectivity index (χ1v) is 7.68. The summed E-state index contributed by atoms with van der Waals surface area (Å²) in [5.41, 5.74) is 5.13. The fourth-order valence-corrected chi connectivity index (χ4v) is 2.57. The summed E-state index contributed by atoms with van der Waals surface area (Å²) in [4.78, 5) is 12.3. The number of nitrogens with one attached hydrogen (secondary N) is 2. The van der Waals surface area contributed by atoms with Crippen LogP contribution in [-0.4, -0.2) is 21.2 Å². The van der Waals surface area contributed by atoms with Gasteiger partial charge in [0.15, 0.2) is 0 Å². The molecule has 0 atom stereocenters. The number of benzene rings is 2. The zero-order valence-corrected chi connectivity index (χ0v) is 13.8. The summed E-state index contributed by atoms with van der Waals surface area (Å²) in [6, 6.07) is 12.9. The second kappa shape index (κ2) is 6.20. The number of anilines is 1. The van der Waals surface area contributed by atoms with Crippen LogP contribution in [0.25, 0.3) is 11.3 Å². The van der Waals surface area contributed by atoms with Crippen molar-refractivity contribution in [3.8, 4) is 17.0 Å². The summed E-state index contributed by atoms with van der Waals surface area (Å²) in [6.07, 6.45) is 0. The number of amides is 1. The average Bonchev–Trinajstić information content (AvgIpc) is 3.03. The number of aryl methyl sites for hydroxylation is 3. The molecule has 0 radical (unpaired) electrons. The number of carbonyl (C=O) groups is 1. The van der Waals surface area contributed by atoms with Crippen molar-refractivity contribution < 1.29 is 9.90 Å². The third-order valence-electron chi connectivity index (χ3n) is 3.85. The first-order valence-electron chi connectivity index (χ1n) is 7.68. The number of phenols is 1. The minimum absolute atomic E-state index is 0.178. The number of aromatic hydroxyl groups is 1. The molecule has 5 heteroatoms. The van der Waals surface area contributed by atoms with Gasteiger partial charge in [-0.3, -0.25) is 9.89 Å². The van der Waals surface area contributed by atoms with Crippen LogP contribution >= 0.6 is 0 Å². The molecule has 0 aliphatic heterocycles. The molecular weight excluding hydrogens is 302 g/mol. The van der Waals surface area contributed by atoms with E-state index in [-0.39, 0.29) is 11.7 Å². The lowest BCUT2D eigenvalue weighted by molar-refractivity contribution is 0.102. The van der Waals surface area contributed by atoms with Gasteiger partial charge in [-0.05, 0) is 56.2 Å². The summed E-state index contributed by atoms with van der Waals surface area (Å²) < 4.78 is 0. The van der Waals surface area contributed by atoms with Crippen molar-refractivity contribution in [2.24, 2.45) is 0 Å². The van der Waals surface area contributed by atoms with E-state index in [1.54, 1.807) is 6.07 Å². The van der Waals surface area contributed by atoms with Crippen molar-refractivity contribution in [1.82, 2.24) is 10.2 Å². The average molecular weight is 321 g/mol. The summed E-state index contributed by atoms with van der Waals surface area (Å²) in [5, 5.41) is 19.9. The summed E-state index contributed by atoms with van der Waals surface area (Å²) in [7, 11) is 0. The minimum atomic E-state index is -0.276. The Bertz CT molecular complexity index is 895. The van der Waals surface area contributed by atoms with Crippen molar-refractivity contribution in [1.29, 1.82) is 0 Å². The zero-order valence-electron chi connectivity index (χ0n) is 13.8. The predicted octanol–water partition coefficient (Wildman–Crippen LogP) is 3.96. The van der Waals surface area contributed by atoms with E-state index >= 15 is 0 Å². The van der Waals surface area contributed by atoms with Crippen molar-refractivity contribution >= 4 is 11.6 Å². The highest BCUT2D eigenvalue weighted by Gasteiger charge is 2.15. The third-order valence-corrected chi connectivity index (χ3v) is 3.85. The topological polar surface area (TPSA) is 78.0 Å². The van der Waals surface area contributed by atoms with Gasteiger partial charge in [-0.2, -0.15) is 5.10 Å². The van der Waals surface area contributed by atoms with E-state index in [0.29, 0.717) is 17.0 Å². The lowest BCUT2D eigenvalue weighted by atomic mass is 10.0. The van der Waals surface area contributed by atoms with Crippen LogP contribution in [0.1, 0.15) is 27.2 Å². The van der Waals surface area contributed by atoms with Crippen LogP contribution in [0.15, 0.2) is 42.5 Å². The highest BCUT2D eigenvalue weighted by Crippen LogP contribution is 2.32. The molecular formula is C19H19N3O2. The Labute approximate surface area is 140 Å². The smallest absolute Gasteiger partial charge is 0.273 e. The second-order valence-corrected chi connectivity index (χ2v) is 5.96. The molecule has 0 fully saturated rings. The van der Waals surface area contributed by atoms with Crippen molar-refractivity contribution in [3.63, 3.8) is 0 Å². The number of H-pyrrole nitrogens is 1. The van der Waals surface area contributed by atoms with Gasteiger partial charge in [-0.25, -0.2) is 0 Å². The van der Waals surface area contributed by atoms with E-state index < -0.39 is 0 Å².